The molecule has 1 saturated carbocycles. The molecule has 29 heavy (non-hydrogen) atoms. The number of aliphatic hydroxyl groups excluding tert-OH is 2. The highest BCUT2D eigenvalue weighted by atomic mass is 16.5. The Balaban J connectivity index is 1.86. The average molecular weight is 409 g/mol. The summed E-state index contributed by atoms with van der Waals surface area (Å²) in [6.07, 6.45) is 11.6. The Morgan fingerprint density at radius 1 is 1.28 bits per heavy atom. The number of carbonyl (C=O) groups is 1. The third-order valence-corrected chi connectivity index (χ3v) is 6.64. The average Bonchev–Trinajstić information content (AvgIpc) is 2.81. The standard InChI is InChI=1S/C24H40O5/c1-16(2)6-4-7-17(3)21(25)13-12-19-20-11-10-18(8-5-9-24(27)28)15-29-23(20)14-22(19)26/h6,12-13,17-23,25-26H,4-5,7-11,14-15H2,1-3H3,(H,27,28)/b13-12+/t17-,18+,19-,20-,21+,22-,23+/m1/s1. The molecule has 0 spiro atoms. The van der Waals surface area contributed by atoms with E-state index in [1.807, 2.05) is 12.2 Å². The first-order valence-electron chi connectivity index (χ1n) is 11.3. The minimum atomic E-state index is -0.738. The van der Waals surface area contributed by atoms with Crippen LogP contribution in [0, 0.1) is 23.7 Å². The lowest BCUT2D eigenvalue weighted by Gasteiger charge is -2.22. The molecule has 7 atom stereocenters. The van der Waals surface area contributed by atoms with Crippen LogP contribution in [0.5, 0.6) is 0 Å². The fourth-order valence-electron chi connectivity index (χ4n) is 4.72. The van der Waals surface area contributed by atoms with Gasteiger partial charge in [0.25, 0.3) is 0 Å². The summed E-state index contributed by atoms with van der Waals surface area (Å²) in [6, 6.07) is 0. The highest BCUT2D eigenvalue weighted by Gasteiger charge is 2.43. The van der Waals surface area contributed by atoms with Gasteiger partial charge in [-0.05, 0) is 70.1 Å². The van der Waals surface area contributed by atoms with Crippen LogP contribution in [0.4, 0.5) is 0 Å². The third-order valence-electron chi connectivity index (χ3n) is 6.64. The van der Waals surface area contributed by atoms with Crippen LogP contribution in [0.1, 0.15) is 72.1 Å². The van der Waals surface area contributed by atoms with Crippen molar-refractivity contribution < 1.29 is 24.9 Å². The number of aliphatic hydroxyl groups is 2. The Kier molecular flexibility index (Phi) is 9.87. The topological polar surface area (TPSA) is 87.0 Å². The van der Waals surface area contributed by atoms with Gasteiger partial charge < -0.3 is 20.1 Å². The van der Waals surface area contributed by atoms with E-state index >= 15 is 0 Å². The van der Waals surface area contributed by atoms with Crippen LogP contribution in [0.3, 0.4) is 0 Å². The zero-order chi connectivity index (χ0) is 21.4. The summed E-state index contributed by atoms with van der Waals surface area (Å²) in [6.45, 7) is 6.90. The van der Waals surface area contributed by atoms with Crippen LogP contribution < -0.4 is 0 Å². The lowest BCUT2D eigenvalue weighted by molar-refractivity contribution is -0.137. The first-order chi connectivity index (χ1) is 13.8. The van der Waals surface area contributed by atoms with E-state index in [-0.39, 0.29) is 30.3 Å². The van der Waals surface area contributed by atoms with Crippen LogP contribution in [-0.4, -0.2) is 46.2 Å². The predicted molar refractivity (Wildman–Crippen MR) is 115 cm³/mol. The molecule has 5 nitrogen and oxygen atoms in total. The highest BCUT2D eigenvalue weighted by Crippen LogP contribution is 2.42. The van der Waals surface area contributed by atoms with E-state index in [2.05, 4.69) is 26.8 Å². The largest absolute Gasteiger partial charge is 0.481 e. The molecule has 0 radical (unpaired) electrons. The van der Waals surface area contributed by atoms with Gasteiger partial charge in [0.2, 0.25) is 0 Å². The number of carboxylic acids is 1. The first-order valence-corrected chi connectivity index (χ1v) is 11.3. The summed E-state index contributed by atoms with van der Waals surface area (Å²) in [5, 5.41) is 29.9. The Morgan fingerprint density at radius 3 is 2.72 bits per heavy atom. The van der Waals surface area contributed by atoms with Gasteiger partial charge >= 0.3 is 5.97 Å². The molecule has 166 valence electrons. The summed E-state index contributed by atoms with van der Waals surface area (Å²) in [5.74, 6) is 0.150. The SMILES string of the molecule is CC(C)=CCC[C@@H](C)[C@@H](O)/C=C/[C@@H]1[C@H]2CC[C@H](CCCC(=O)O)CO[C@H]2C[C@H]1O. The van der Waals surface area contributed by atoms with Gasteiger partial charge in [0, 0.05) is 25.4 Å². The lowest BCUT2D eigenvalue weighted by atomic mass is 9.86. The number of allylic oxidation sites excluding steroid dienone is 2. The summed E-state index contributed by atoms with van der Waals surface area (Å²) in [5.41, 5.74) is 1.30. The molecule has 0 aromatic heterocycles. The molecule has 5 heteroatoms. The first kappa shape index (κ1) is 24.1. The summed E-state index contributed by atoms with van der Waals surface area (Å²) < 4.78 is 6.12. The van der Waals surface area contributed by atoms with Crippen molar-refractivity contribution in [3.63, 3.8) is 0 Å². The molecular formula is C24H40O5. The third kappa shape index (κ3) is 7.88. The smallest absolute Gasteiger partial charge is 0.303 e. The van der Waals surface area contributed by atoms with Gasteiger partial charge in [0.05, 0.1) is 18.3 Å². The number of ether oxygens (including phenoxy) is 1. The molecule has 0 unspecified atom stereocenters. The second kappa shape index (κ2) is 11.9. The monoisotopic (exact) mass is 408 g/mol. The molecule has 2 fully saturated rings. The van der Waals surface area contributed by atoms with E-state index in [4.69, 9.17) is 9.84 Å². The van der Waals surface area contributed by atoms with Crippen LogP contribution in [0.25, 0.3) is 0 Å². The van der Waals surface area contributed by atoms with Gasteiger partial charge in [-0.2, -0.15) is 0 Å². The Bertz CT molecular complexity index is 566. The predicted octanol–water partition coefficient (Wildman–Crippen LogP) is 4.33. The second-order valence-electron chi connectivity index (χ2n) is 9.36. The van der Waals surface area contributed by atoms with Gasteiger partial charge in [-0.15, -0.1) is 0 Å². The van der Waals surface area contributed by atoms with E-state index in [9.17, 15) is 15.0 Å². The Labute approximate surface area is 175 Å². The van der Waals surface area contributed by atoms with Gasteiger partial charge in [-0.3, -0.25) is 4.79 Å². The molecule has 1 aliphatic carbocycles. The number of rotatable bonds is 10. The normalized spacial score (nSPS) is 31.8. The van der Waals surface area contributed by atoms with Crippen molar-refractivity contribution >= 4 is 5.97 Å². The van der Waals surface area contributed by atoms with Gasteiger partial charge in [0.1, 0.15) is 0 Å². The summed E-state index contributed by atoms with van der Waals surface area (Å²) in [4.78, 5) is 10.7. The molecule has 0 aromatic rings. The van der Waals surface area contributed by atoms with Crippen molar-refractivity contribution in [3.05, 3.63) is 23.8 Å². The van der Waals surface area contributed by atoms with Crippen molar-refractivity contribution in [2.24, 2.45) is 23.7 Å². The van der Waals surface area contributed by atoms with Crippen molar-refractivity contribution in [2.75, 3.05) is 6.61 Å². The molecule has 0 amide bonds. The van der Waals surface area contributed by atoms with Crippen molar-refractivity contribution in [2.45, 2.75) is 90.4 Å². The van der Waals surface area contributed by atoms with E-state index in [1.165, 1.54) is 5.57 Å². The van der Waals surface area contributed by atoms with Crippen LogP contribution in [0.2, 0.25) is 0 Å². The van der Waals surface area contributed by atoms with Gasteiger partial charge in [-0.25, -0.2) is 0 Å². The van der Waals surface area contributed by atoms with Crippen LogP contribution >= 0.6 is 0 Å². The van der Waals surface area contributed by atoms with E-state index < -0.39 is 18.2 Å². The highest BCUT2D eigenvalue weighted by molar-refractivity contribution is 5.66. The zero-order valence-electron chi connectivity index (χ0n) is 18.3. The number of fused-ring (bicyclic) bond motifs is 1. The summed E-state index contributed by atoms with van der Waals surface area (Å²) >= 11 is 0. The molecule has 0 bridgehead atoms. The molecule has 2 rings (SSSR count). The minimum absolute atomic E-state index is 0.0254. The second-order valence-corrected chi connectivity index (χ2v) is 9.36. The minimum Gasteiger partial charge on any atom is -0.481 e. The Morgan fingerprint density at radius 2 is 2.03 bits per heavy atom. The van der Waals surface area contributed by atoms with E-state index in [0.717, 1.165) is 32.1 Å². The molecule has 1 saturated heterocycles. The number of aliphatic carboxylic acids is 1. The number of carboxylic acid groups (broad SMARTS) is 1. The maximum Gasteiger partial charge on any atom is 0.303 e. The summed E-state index contributed by atoms with van der Waals surface area (Å²) in [7, 11) is 0. The molecular weight excluding hydrogens is 368 g/mol. The quantitative estimate of drug-likeness (QED) is 0.468. The molecule has 2 aliphatic rings. The number of hydrogen-bond donors (Lipinski definition) is 3. The van der Waals surface area contributed by atoms with E-state index in [0.29, 0.717) is 25.4 Å². The molecule has 1 heterocycles. The van der Waals surface area contributed by atoms with Gasteiger partial charge in [-0.1, -0.05) is 30.7 Å². The van der Waals surface area contributed by atoms with Crippen molar-refractivity contribution in [3.8, 4) is 0 Å². The Hall–Kier alpha value is -1.17. The van der Waals surface area contributed by atoms with Crippen LogP contribution in [0.15, 0.2) is 23.8 Å². The lowest BCUT2D eigenvalue weighted by Crippen LogP contribution is -2.22. The fraction of sp³-hybridized carbons (Fsp3) is 0.792. The zero-order valence-corrected chi connectivity index (χ0v) is 18.3. The molecule has 0 aromatic carbocycles. The van der Waals surface area contributed by atoms with Gasteiger partial charge in [0.15, 0.2) is 0 Å². The van der Waals surface area contributed by atoms with E-state index in [1.54, 1.807) is 0 Å². The molecule has 3 N–H and O–H groups in total. The fourth-order valence-corrected chi connectivity index (χ4v) is 4.72. The number of hydrogen-bond acceptors (Lipinski definition) is 4. The maximum absolute atomic E-state index is 10.7. The van der Waals surface area contributed by atoms with Crippen molar-refractivity contribution in [1.82, 2.24) is 0 Å². The van der Waals surface area contributed by atoms with Crippen LogP contribution in [-0.2, 0) is 9.53 Å². The molecule has 1 aliphatic heterocycles. The van der Waals surface area contributed by atoms with Crippen molar-refractivity contribution in [1.29, 1.82) is 0 Å². The maximum atomic E-state index is 10.7.